The zero-order chi connectivity index (χ0) is 16.4. The first kappa shape index (κ1) is 16.5. The first-order valence-electron chi connectivity index (χ1n) is 7.98. The Morgan fingerprint density at radius 1 is 1.39 bits per heavy atom. The van der Waals surface area contributed by atoms with E-state index < -0.39 is 0 Å². The summed E-state index contributed by atoms with van der Waals surface area (Å²) in [7, 11) is 1.85. The molecule has 3 rings (SSSR count). The molecule has 0 saturated carbocycles. The van der Waals surface area contributed by atoms with Gasteiger partial charge < -0.3 is 10.2 Å². The SMILES string of the molecule is CNc1c(Cl)ncnc1N1CCCC(c2nc(C(C)C)cs2)C1. The molecule has 1 aliphatic heterocycles. The minimum Gasteiger partial charge on any atom is -0.383 e. The fourth-order valence-corrected chi connectivity index (χ4v) is 4.27. The summed E-state index contributed by atoms with van der Waals surface area (Å²) in [5, 5.41) is 7.03. The van der Waals surface area contributed by atoms with Crippen LogP contribution in [0.15, 0.2) is 11.7 Å². The molecule has 23 heavy (non-hydrogen) atoms. The predicted octanol–water partition coefficient (Wildman–Crippen LogP) is 4.14. The van der Waals surface area contributed by atoms with Gasteiger partial charge in [0.1, 0.15) is 12.0 Å². The number of nitrogens with zero attached hydrogens (tertiary/aromatic N) is 4. The molecule has 0 radical (unpaired) electrons. The Balaban J connectivity index is 1.82. The summed E-state index contributed by atoms with van der Waals surface area (Å²) >= 11 is 7.97. The van der Waals surface area contributed by atoms with Crippen molar-refractivity contribution in [3.8, 4) is 0 Å². The van der Waals surface area contributed by atoms with Crippen molar-refractivity contribution in [1.82, 2.24) is 15.0 Å². The zero-order valence-electron chi connectivity index (χ0n) is 13.7. The second-order valence-corrected chi connectivity index (χ2v) is 7.41. The number of thiazole rings is 1. The molecule has 1 aliphatic rings. The zero-order valence-corrected chi connectivity index (χ0v) is 15.3. The minimum absolute atomic E-state index is 0.458. The summed E-state index contributed by atoms with van der Waals surface area (Å²) in [6.07, 6.45) is 3.84. The van der Waals surface area contributed by atoms with Crippen molar-refractivity contribution in [2.75, 3.05) is 30.4 Å². The first-order chi connectivity index (χ1) is 11.1. The van der Waals surface area contributed by atoms with Crippen LogP contribution in [0.1, 0.15) is 49.2 Å². The van der Waals surface area contributed by atoms with E-state index in [4.69, 9.17) is 16.6 Å². The molecule has 1 unspecified atom stereocenters. The molecule has 0 aliphatic carbocycles. The average molecular weight is 352 g/mol. The second-order valence-electron chi connectivity index (χ2n) is 6.16. The van der Waals surface area contributed by atoms with E-state index in [2.05, 4.69) is 39.4 Å². The van der Waals surface area contributed by atoms with Crippen molar-refractivity contribution in [2.24, 2.45) is 0 Å². The predicted molar refractivity (Wildman–Crippen MR) is 97.0 cm³/mol. The smallest absolute Gasteiger partial charge is 0.157 e. The van der Waals surface area contributed by atoms with Gasteiger partial charge in [0.15, 0.2) is 11.0 Å². The van der Waals surface area contributed by atoms with Gasteiger partial charge in [0.05, 0.1) is 10.7 Å². The summed E-state index contributed by atoms with van der Waals surface area (Å²) < 4.78 is 0. The topological polar surface area (TPSA) is 53.9 Å². The molecule has 0 amide bonds. The minimum atomic E-state index is 0.458. The number of anilines is 2. The lowest BCUT2D eigenvalue weighted by molar-refractivity contribution is 0.504. The van der Waals surface area contributed by atoms with Crippen LogP contribution >= 0.6 is 22.9 Å². The molecule has 1 saturated heterocycles. The fourth-order valence-electron chi connectivity index (χ4n) is 2.93. The van der Waals surface area contributed by atoms with E-state index in [0.717, 1.165) is 31.0 Å². The standard InChI is InChI=1S/C16H22ClN5S/c1-10(2)12-8-23-16(21-12)11-5-4-6-22(7-11)15-13(18-3)14(17)19-9-20-15/h8-11,18H,4-7H2,1-3H3. The Morgan fingerprint density at radius 2 is 2.22 bits per heavy atom. The van der Waals surface area contributed by atoms with Gasteiger partial charge in [-0.25, -0.2) is 15.0 Å². The van der Waals surface area contributed by atoms with E-state index >= 15 is 0 Å². The van der Waals surface area contributed by atoms with Gasteiger partial charge in [-0.2, -0.15) is 0 Å². The highest BCUT2D eigenvalue weighted by atomic mass is 35.5. The Kier molecular flexibility index (Phi) is 5.02. The van der Waals surface area contributed by atoms with Gasteiger partial charge in [0, 0.05) is 31.4 Å². The molecule has 0 aromatic carbocycles. The van der Waals surface area contributed by atoms with E-state index in [1.807, 2.05) is 7.05 Å². The molecule has 0 bridgehead atoms. The van der Waals surface area contributed by atoms with Gasteiger partial charge in [-0.15, -0.1) is 11.3 Å². The Bertz CT molecular complexity index is 672. The summed E-state index contributed by atoms with van der Waals surface area (Å²) in [6.45, 7) is 6.29. The lowest BCUT2D eigenvalue weighted by Gasteiger charge is -2.33. The lowest BCUT2D eigenvalue weighted by Crippen LogP contribution is -2.35. The highest BCUT2D eigenvalue weighted by molar-refractivity contribution is 7.09. The van der Waals surface area contributed by atoms with Crippen molar-refractivity contribution in [3.05, 3.63) is 27.6 Å². The molecule has 1 atom stereocenters. The van der Waals surface area contributed by atoms with Crippen LogP contribution in [0, 0.1) is 0 Å². The largest absolute Gasteiger partial charge is 0.383 e. The van der Waals surface area contributed by atoms with Crippen LogP contribution in [0.25, 0.3) is 0 Å². The van der Waals surface area contributed by atoms with Crippen LogP contribution < -0.4 is 10.2 Å². The van der Waals surface area contributed by atoms with Gasteiger partial charge in [-0.05, 0) is 18.8 Å². The third kappa shape index (κ3) is 3.43. The van der Waals surface area contributed by atoms with Gasteiger partial charge >= 0.3 is 0 Å². The van der Waals surface area contributed by atoms with Crippen LogP contribution in [0.3, 0.4) is 0 Å². The van der Waals surface area contributed by atoms with Gasteiger partial charge in [0.2, 0.25) is 0 Å². The van der Waals surface area contributed by atoms with E-state index in [1.165, 1.54) is 23.4 Å². The quantitative estimate of drug-likeness (QED) is 0.839. The molecule has 2 aromatic heterocycles. The van der Waals surface area contributed by atoms with Crippen molar-refractivity contribution in [1.29, 1.82) is 0 Å². The molecular weight excluding hydrogens is 330 g/mol. The van der Waals surface area contributed by atoms with Gasteiger partial charge in [-0.1, -0.05) is 25.4 Å². The number of halogens is 1. The monoisotopic (exact) mass is 351 g/mol. The molecule has 1 N–H and O–H groups in total. The number of rotatable bonds is 4. The summed E-state index contributed by atoms with van der Waals surface area (Å²) in [6, 6.07) is 0. The van der Waals surface area contributed by atoms with E-state index in [-0.39, 0.29) is 0 Å². The van der Waals surface area contributed by atoms with Crippen molar-refractivity contribution < 1.29 is 0 Å². The highest BCUT2D eigenvalue weighted by Crippen LogP contribution is 2.35. The molecular formula is C16H22ClN5S. The molecule has 3 heterocycles. The molecule has 7 heteroatoms. The van der Waals surface area contributed by atoms with Gasteiger partial charge in [0.25, 0.3) is 0 Å². The second kappa shape index (κ2) is 7.01. The van der Waals surface area contributed by atoms with E-state index in [9.17, 15) is 0 Å². The lowest BCUT2D eigenvalue weighted by atomic mass is 9.98. The molecule has 2 aromatic rings. The van der Waals surface area contributed by atoms with Crippen LogP contribution in [0.4, 0.5) is 11.5 Å². The number of hydrogen-bond acceptors (Lipinski definition) is 6. The highest BCUT2D eigenvalue weighted by Gasteiger charge is 2.26. The third-order valence-corrected chi connectivity index (χ3v) is 5.54. The molecule has 124 valence electrons. The Labute approximate surface area is 146 Å². The number of hydrogen-bond donors (Lipinski definition) is 1. The maximum atomic E-state index is 6.19. The van der Waals surface area contributed by atoms with Crippen LogP contribution in [-0.4, -0.2) is 35.1 Å². The summed E-state index contributed by atoms with van der Waals surface area (Å²) in [4.78, 5) is 15.6. The maximum Gasteiger partial charge on any atom is 0.157 e. The van der Waals surface area contributed by atoms with Crippen molar-refractivity contribution >= 4 is 34.4 Å². The van der Waals surface area contributed by atoms with E-state index in [0.29, 0.717) is 17.0 Å². The summed E-state index contributed by atoms with van der Waals surface area (Å²) in [5.41, 5.74) is 2.00. The first-order valence-corrected chi connectivity index (χ1v) is 9.24. The van der Waals surface area contributed by atoms with Crippen LogP contribution in [0.5, 0.6) is 0 Å². The normalized spacial score (nSPS) is 18.5. The van der Waals surface area contributed by atoms with Crippen LogP contribution in [-0.2, 0) is 0 Å². The van der Waals surface area contributed by atoms with Gasteiger partial charge in [-0.3, -0.25) is 0 Å². The molecule has 1 fully saturated rings. The Hall–Kier alpha value is -1.40. The number of piperidine rings is 1. The number of nitrogens with one attached hydrogen (secondary N) is 1. The van der Waals surface area contributed by atoms with Crippen LogP contribution in [0.2, 0.25) is 5.15 Å². The fraction of sp³-hybridized carbons (Fsp3) is 0.562. The third-order valence-electron chi connectivity index (χ3n) is 4.23. The van der Waals surface area contributed by atoms with Crippen molar-refractivity contribution in [3.63, 3.8) is 0 Å². The summed E-state index contributed by atoms with van der Waals surface area (Å²) in [5.74, 6) is 1.83. The molecule has 0 spiro atoms. The number of aromatic nitrogens is 3. The molecule has 5 nitrogen and oxygen atoms in total. The maximum absolute atomic E-state index is 6.19. The average Bonchev–Trinajstić information content (AvgIpc) is 3.05. The van der Waals surface area contributed by atoms with E-state index in [1.54, 1.807) is 11.3 Å². The Morgan fingerprint density at radius 3 is 2.91 bits per heavy atom. The van der Waals surface area contributed by atoms with Crippen molar-refractivity contribution in [2.45, 2.75) is 38.5 Å².